The van der Waals surface area contributed by atoms with Crippen molar-refractivity contribution >= 4 is 60.5 Å². The van der Waals surface area contributed by atoms with Crippen molar-refractivity contribution in [1.29, 1.82) is 0 Å². The van der Waals surface area contributed by atoms with Crippen LogP contribution in [-0.4, -0.2) is 0 Å². The van der Waals surface area contributed by atoms with Crippen LogP contribution in [-0.2, 0) is 0 Å². The highest BCUT2D eigenvalue weighted by Crippen LogP contribution is 2.43. The van der Waals surface area contributed by atoms with Gasteiger partial charge in [-0.2, -0.15) is 0 Å². The van der Waals surface area contributed by atoms with Crippen LogP contribution in [0.1, 0.15) is 0 Å². The molecule has 58 heavy (non-hydrogen) atoms. The molecule has 0 aliphatic carbocycles. The van der Waals surface area contributed by atoms with Gasteiger partial charge in [0.25, 0.3) is 0 Å². The lowest BCUT2D eigenvalue weighted by molar-refractivity contribution is 0.670. The zero-order valence-electron chi connectivity index (χ0n) is 31.7. The maximum Gasteiger partial charge on any atom is 0.143 e. The molecule has 0 saturated heterocycles. The van der Waals surface area contributed by atoms with E-state index in [1.807, 2.05) is 12.1 Å². The highest BCUT2D eigenvalue weighted by atomic mass is 16.3. The number of furan rings is 1. The van der Waals surface area contributed by atoms with Gasteiger partial charge in [-0.05, 0) is 103 Å². The summed E-state index contributed by atoms with van der Waals surface area (Å²) in [5.74, 6) is 0. The van der Waals surface area contributed by atoms with Crippen LogP contribution in [0.15, 0.2) is 229 Å². The minimum Gasteiger partial charge on any atom is -0.455 e. The Kier molecular flexibility index (Phi) is 8.19. The molecule has 2 nitrogen and oxygen atoms in total. The summed E-state index contributed by atoms with van der Waals surface area (Å²) < 4.78 is 6.43. The Balaban J connectivity index is 0.983. The largest absolute Gasteiger partial charge is 0.455 e. The van der Waals surface area contributed by atoms with Crippen molar-refractivity contribution in [2.45, 2.75) is 0 Å². The molecule has 0 saturated carbocycles. The van der Waals surface area contributed by atoms with Crippen molar-refractivity contribution < 1.29 is 4.42 Å². The minimum atomic E-state index is 0.905. The van der Waals surface area contributed by atoms with E-state index in [9.17, 15) is 0 Å². The van der Waals surface area contributed by atoms with Crippen molar-refractivity contribution in [1.82, 2.24) is 0 Å². The van der Waals surface area contributed by atoms with Crippen LogP contribution in [0.2, 0.25) is 0 Å². The Bertz CT molecular complexity index is 3270. The molecule has 0 radical (unpaired) electrons. The van der Waals surface area contributed by atoms with E-state index in [1.165, 1.54) is 49.4 Å². The topological polar surface area (TPSA) is 16.4 Å². The number of hydrogen-bond donors (Lipinski definition) is 0. The van der Waals surface area contributed by atoms with Gasteiger partial charge in [-0.1, -0.05) is 176 Å². The molecule has 1 aromatic heterocycles. The van der Waals surface area contributed by atoms with Crippen molar-refractivity contribution in [2.75, 3.05) is 4.90 Å². The van der Waals surface area contributed by atoms with E-state index in [0.717, 1.165) is 55.7 Å². The molecular weight excluding hydrogens is 703 g/mol. The van der Waals surface area contributed by atoms with Gasteiger partial charge in [0.1, 0.15) is 11.2 Å². The lowest BCUT2D eigenvalue weighted by atomic mass is 9.97. The summed E-state index contributed by atoms with van der Waals surface area (Å²) >= 11 is 0. The van der Waals surface area contributed by atoms with Crippen LogP contribution in [0.3, 0.4) is 0 Å². The number of fused-ring (bicyclic) bond motifs is 5. The summed E-state index contributed by atoms with van der Waals surface area (Å²) in [6.45, 7) is 0. The van der Waals surface area contributed by atoms with Crippen LogP contribution in [0.4, 0.5) is 17.1 Å². The molecule has 0 fully saturated rings. The average Bonchev–Trinajstić information content (AvgIpc) is 3.69. The quantitative estimate of drug-likeness (QED) is 0.162. The van der Waals surface area contributed by atoms with E-state index in [0.29, 0.717) is 0 Å². The molecule has 0 bridgehead atoms. The fourth-order valence-corrected chi connectivity index (χ4v) is 8.49. The molecule has 10 aromatic carbocycles. The summed E-state index contributed by atoms with van der Waals surface area (Å²) in [4.78, 5) is 2.38. The predicted octanol–water partition coefficient (Wildman–Crippen LogP) is 16.0. The molecule has 11 rings (SSSR count). The Morgan fingerprint density at radius 1 is 0.293 bits per heavy atom. The van der Waals surface area contributed by atoms with Gasteiger partial charge in [-0.3, -0.25) is 0 Å². The fourth-order valence-electron chi connectivity index (χ4n) is 8.49. The van der Waals surface area contributed by atoms with Crippen molar-refractivity contribution in [3.8, 4) is 44.5 Å². The minimum absolute atomic E-state index is 0.905. The molecule has 1 heterocycles. The van der Waals surface area contributed by atoms with Gasteiger partial charge in [-0.15, -0.1) is 0 Å². The number of para-hydroxylation sites is 3. The highest BCUT2D eigenvalue weighted by molar-refractivity contribution is 6.09. The van der Waals surface area contributed by atoms with Crippen LogP contribution < -0.4 is 4.90 Å². The van der Waals surface area contributed by atoms with Gasteiger partial charge in [-0.25, -0.2) is 0 Å². The SMILES string of the molecule is c1ccc(N(c2ccc(-c3ccc(-c4ccc5ccccc5c4)cc3)cc2)c2ccc(-c3cccc4c3oc3ccccc34)cc2)c(-c2ccc3ccccc3c2)c1. The molecule has 0 aliphatic heterocycles. The van der Waals surface area contributed by atoms with E-state index in [1.54, 1.807) is 0 Å². The molecule has 0 aliphatic rings. The first-order valence-electron chi connectivity index (χ1n) is 19.8. The predicted molar refractivity (Wildman–Crippen MR) is 245 cm³/mol. The average molecular weight is 740 g/mol. The zero-order valence-corrected chi connectivity index (χ0v) is 31.7. The summed E-state index contributed by atoms with van der Waals surface area (Å²) in [6.07, 6.45) is 0. The third-order valence-electron chi connectivity index (χ3n) is 11.5. The van der Waals surface area contributed by atoms with Gasteiger partial charge >= 0.3 is 0 Å². The standard InChI is InChI=1S/C56H37NO/c1-3-12-44-36-46(26-24-38(44)10-1)42-22-20-40(21-23-42)41-28-32-48(33-29-41)57(54-18-7-5-14-50(54)47-27-25-39-11-2-4-13-45(39)37-47)49-34-30-43(31-35-49)51-16-9-17-53-52-15-6-8-19-55(52)58-56(51)53/h1-37H. The molecule has 272 valence electrons. The third-order valence-corrected chi connectivity index (χ3v) is 11.5. The van der Waals surface area contributed by atoms with Crippen LogP contribution in [0.25, 0.3) is 88.0 Å². The van der Waals surface area contributed by atoms with Gasteiger partial charge in [0, 0.05) is 33.3 Å². The molecule has 0 atom stereocenters. The molecule has 2 heteroatoms. The van der Waals surface area contributed by atoms with Crippen molar-refractivity contribution in [3.63, 3.8) is 0 Å². The first-order valence-corrected chi connectivity index (χ1v) is 19.8. The molecule has 0 spiro atoms. The number of nitrogens with zero attached hydrogens (tertiary/aromatic N) is 1. The first-order chi connectivity index (χ1) is 28.7. The summed E-state index contributed by atoms with van der Waals surface area (Å²) in [5.41, 5.74) is 14.4. The maximum absolute atomic E-state index is 6.43. The Labute approximate surface area is 337 Å². The monoisotopic (exact) mass is 739 g/mol. The number of rotatable bonds is 7. The summed E-state index contributed by atoms with van der Waals surface area (Å²) in [5, 5.41) is 7.24. The van der Waals surface area contributed by atoms with Crippen LogP contribution in [0.5, 0.6) is 0 Å². The number of hydrogen-bond acceptors (Lipinski definition) is 2. The van der Waals surface area contributed by atoms with Crippen molar-refractivity contribution in [2.24, 2.45) is 0 Å². The number of benzene rings is 10. The van der Waals surface area contributed by atoms with Crippen LogP contribution in [0, 0.1) is 0 Å². The van der Waals surface area contributed by atoms with E-state index < -0.39 is 0 Å². The molecule has 0 amide bonds. The van der Waals surface area contributed by atoms with Gasteiger partial charge in [0.05, 0.1) is 5.69 Å². The zero-order chi connectivity index (χ0) is 38.4. The Hall–Kier alpha value is -7.68. The Morgan fingerprint density at radius 2 is 0.759 bits per heavy atom. The van der Waals surface area contributed by atoms with E-state index in [4.69, 9.17) is 4.42 Å². The fraction of sp³-hybridized carbons (Fsp3) is 0. The third kappa shape index (κ3) is 6.00. The van der Waals surface area contributed by atoms with Gasteiger partial charge in [0.15, 0.2) is 0 Å². The second-order valence-corrected chi connectivity index (χ2v) is 14.9. The first kappa shape index (κ1) is 33.6. The van der Waals surface area contributed by atoms with Crippen LogP contribution >= 0.6 is 0 Å². The summed E-state index contributed by atoms with van der Waals surface area (Å²) in [6, 6.07) is 80.7. The normalized spacial score (nSPS) is 11.4. The summed E-state index contributed by atoms with van der Waals surface area (Å²) in [7, 11) is 0. The van der Waals surface area contributed by atoms with E-state index in [2.05, 4.69) is 217 Å². The van der Waals surface area contributed by atoms with E-state index in [-0.39, 0.29) is 0 Å². The molecule has 11 aromatic rings. The molecular formula is C56H37NO. The second kappa shape index (κ2) is 14.1. The lowest BCUT2D eigenvalue weighted by Crippen LogP contribution is -2.11. The molecule has 0 unspecified atom stereocenters. The second-order valence-electron chi connectivity index (χ2n) is 14.9. The number of anilines is 3. The van der Waals surface area contributed by atoms with Gasteiger partial charge < -0.3 is 9.32 Å². The Morgan fingerprint density at radius 3 is 1.45 bits per heavy atom. The van der Waals surface area contributed by atoms with E-state index >= 15 is 0 Å². The highest BCUT2D eigenvalue weighted by Gasteiger charge is 2.19. The molecule has 0 N–H and O–H groups in total. The maximum atomic E-state index is 6.43. The lowest BCUT2D eigenvalue weighted by Gasteiger charge is -2.28. The van der Waals surface area contributed by atoms with Gasteiger partial charge in [0.2, 0.25) is 0 Å². The smallest absolute Gasteiger partial charge is 0.143 e. The van der Waals surface area contributed by atoms with Crippen molar-refractivity contribution in [3.05, 3.63) is 224 Å².